The Bertz CT molecular complexity index is 572. The van der Waals surface area contributed by atoms with Crippen LogP contribution < -0.4 is 9.47 Å². The summed E-state index contributed by atoms with van der Waals surface area (Å²) >= 11 is 0. The number of hydrogen-bond donors (Lipinski definition) is 1. The minimum Gasteiger partial charge on any atom is -0.496 e. The Labute approximate surface area is 118 Å². The van der Waals surface area contributed by atoms with Crippen molar-refractivity contribution < 1.29 is 14.6 Å². The zero-order valence-electron chi connectivity index (χ0n) is 11.8. The first-order chi connectivity index (χ1) is 9.59. The van der Waals surface area contributed by atoms with Gasteiger partial charge in [0.1, 0.15) is 23.7 Å². The second kappa shape index (κ2) is 4.68. The van der Waals surface area contributed by atoms with E-state index in [1.165, 1.54) is 0 Å². The smallest absolute Gasteiger partial charge is 0.125 e. The van der Waals surface area contributed by atoms with Crippen LogP contribution >= 0.6 is 0 Å². The van der Waals surface area contributed by atoms with E-state index in [-0.39, 0.29) is 6.10 Å². The molecule has 0 aromatic heterocycles. The van der Waals surface area contributed by atoms with Crippen molar-refractivity contribution in [3.05, 3.63) is 23.3 Å². The standard InChI is InChI=1S/C16H19NO3/c1-10-6-11-7-14(19-2)12(8-13(11)20-10)15(18)16(9-17)4-3-5-16/h7-8,10,15,18H,3-6H2,1-2H3. The third-order valence-corrected chi connectivity index (χ3v) is 4.53. The maximum absolute atomic E-state index is 10.6. The molecule has 1 aliphatic carbocycles. The van der Waals surface area contributed by atoms with E-state index in [4.69, 9.17) is 9.47 Å². The highest BCUT2D eigenvalue weighted by Crippen LogP contribution is 2.52. The molecule has 0 radical (unpaired) electrons. The van der Waals surface area contributed by atoms with Crippen LogP contribution in [0.4, 0.5) is 0 Å². The number of methoxy groups -OCH3 is 1. The molecular weight excluding hydrogens is 254 g/mol. The van der Waals surface area contributed by atoms with Crippen molar-refractivity contribution in [2.24, 2.45) is 5.41 Å². The summed E-state index contributed by atoms with van der Waals surface area (Å²) in [5.74, 6) is 1.45. The van der Waals surface area contributed by atoms with Gasteiger partial charge < -0.3 is 14.6 Å². The van der Waals surface area contributed by atoms with Gasteiger partial charge in [-0.2, -0.15) is 5.26 Å². The van der Waals surface area contributed by atoms with Crippen LogP contribution in [0, 0.1) is 16.7 Å². The normalized spacial score (nSPS) is 24.0. The maximum atomic E-state index is 10.6. The molecule has 0 spiro atoms. The summed E-state index contributed by atoms with van der Waals surface area (Å²) in [5, 5.41) is 20.0. The Morgan fingerprint density at radius 2 is 2.25 bits per heavy atom. The molecule has 0 amide bonds. The van der Waals surface area contributed by atoms with Crippen molar-refractivity contribution in [2.75, 3.05) is 7.11 Å². The summed E-state index contributed by atoms with van der Waals surface area (Å²) in [6.07, 6.45) is 2.65. The number of rotatable bonds is 3. The summed E-state index contributed by atoms with van der Waals surface area (Å²) in [6.45, 7) is 2.02. The van der Waals surface area contributed by atoms with Crippen molar-refractivity contribution in [2.45, 2.75) is 44.8 Å². The van der Waals surface area contributed by atoms with Gasteiger partial charge in [0.2, 0.25) is 0 Å². The molecule has 2 unspecified atom stereocenters. The molecule has 2 aliphatic rings. The first-order valence-electron chi connectivity index (χ1n) is 7.06. The molecule has 106 valence electrons. The van der Waals surface area contributed by atoms with Crippen LogP contribution in [0.3, 0.4) is 0 Å². The van der Waals surface area contributed by atoms with E-state index in [0.29, 0.717) is 11.3 Å². The minimum absolute atomic E-state index is 0.149. The molecule has 1 aromatic rings. The van der Waals surface area contributed by atoms with Gasteiger partial charge in [0.05, 0.1) is 18.6 Å². The maximum Gasteiger partial charge on any atom is 0.125 e. The van der Waals surface area contributed by atoms with Crippen molar-refractivity contribution in [1.82, 2.24) is 0 Å². The van der Waals surface area contributed by atoms with Gasteiger partial charge in [-0.1, -0.05) is 6.42 Å². The lowest BCUT2D eigenvalue weighted by molar-refractivity contribution is 0.00633. The predicted octanol–water partition coefficient (Wildman–Crippen LogP) is 2.75. The van der Waals surface area contributed by atoms with Crippen LogP contribution in [-0.4, -0.2) is 18.3 Å². The second-order valence-electron chi connectivity index (χ2n) is 5.86. The highest BCUT2D eigenvalue weighted by atomic mass is 16.5. The van der Waals surface area contributed by atoms with E-state index in [1.54, 1.807) is 7.11 Å². The van der Waals surface area contributed by atoms with Gasteiger partial charge in [0.25, 0.3) is 0 Å². The molecule has 1 aromatic carbocycles. The monoisotopic (exact) mass is 273 g/mol. The van der Waals surface area contributed by atoms with Crippen LogP contribution in [0.1, 0.15) is 43.4 Å². The fourth-order valence-electron chi connectivity index (χ4n) is 3.15. The van der Waals surface area contributed by atoms with Crippen LogP contribution in [-0.2, 0) is 6.42 Å². The van der Waals surface area contributed by atoms with E-state index in [2.05, 4.69) is 6.07 Å². The van der Waals surface area contributed by atoms with Gasteiger partial charge in [-0.05, 0) is 31.9 Å². The highest BCUT2D eigenvalue weighted by Gasteiger charge is 2.46. The Kier molecular flexibility index (Phi) is 3.10. The molecule has 1 saturated carbocycles. The van der Waals surface area contributed by atoms with Gasteiger partial charge in [0.15, 0.2) is 0 Å². The quantitative estimate of drug-likeness (QED) is 0.919. The molecule has 4 heteroatoms. The second-order valence-corrected chi connectivity index (χ2v) is 5.86. The Hall–Kier alpha value is -1.73. The lowest BCUT2D eigenvalue weighted by atomic mass is 9.64. The number of aliphatic hydroxyl groups is 1. The zero-order valence-corrected chi connectivity index (χ0v) is 11.8. The van der Waals surface area contributed by atoms with Gasteiger partial charge >= 0.3 is 0 Å². The first kappa shape index (κ1) is 13.3. The Balaban J connectivity index is 2.01. The lowest BCUT2D eigenvalue weighted by Gasteiger charge is -2.39. The summed E-state index contributed by atoms with van der Waals surface area (Å²) in [6, 6.07) is 6.07. The Morgan fingerprint density at radius 1 is 1.50 bits per heavy atom. The highest BCUT2D eigenvalue weighted by molar-refractivity contribution is 5.50. The summed E-state index contributed by atoms with van der Waals surface area (Å²) in [7, 11) is 1.59. The first-order valence-corrected chi connectivity index (χ1v) is 7.06. The molecule has 20 heavy (non-hydrogen) atoms. The Morgan fingerprint density at radius 3 is 2.80 bits per heavy atom. The van der Waals surface area contributed by atoms with Crippen molar-refractivity contribution in [3.63, 3.8) is 0 Å². The lowest BCUT2D eigenvalue weighted by Crippen LogP contribution is -2.34. The average molecular weight is 273 g/mol. The minimum atomic E-state index is -0.819. The average Bonchev–Trinajstić information content (AvgIpc) is 2.75. The third kappa shape index (κ3) is 1.85. The summed E-state index contributed by atoms with van der Waals surface area (Å²) in [5.41, 5.74) is 1.11. The number of aliphatic hydroxyl groups excluding tert-OH is 1. The molecular formula is C16H19NO3. The molecule has 3 rings (SSSR count). The molecule has 0 bridgehead atoms. The molecule has 1 fully saturated rings. The molecule has 4 nitrogen and oxygen atoms in total. The molecule has 1 aliphatic heterocycles. The van der Waals surface area contributed by atoms with E-state index in [0.717, 1.165) is 37.0 Å². The molecule has 0 saturated heterocycles. The fraction of sp³-hybridized carbons (Fsp3) is 0.562. The fourth-order valence-corrected chi connectivity index (χ4v) is 3.15. The molecule has 1 N–H and O–H groups in total. The number of nitrogens with zero attached hydrogens (tertiary/aromatic N) is 1. The van der Waals surface area contributed by atoms with E-state index < -0.39 is 11.5 Å². The van der Waals surface area contributed by atoms with E-state index in [9.17, 15) is 10.4 Å². The number of fused-ring (bicyclic) bond motifs is 1. The van der Waals surface area contributed by atoms with Gasteiger partial charge in [-0.25, -0.2) is 0 Å². The van der Waals surface area contributed by atoms with Gasteiger partial charge in [-0.3, -0.25) is 0 Å². The van der Waals surface area contributed by atoms with Crippen molar-refractivity contribution in [1.29, 1.82) is 5.26 Å². The number of ether oxygens (including phenoxy) is 2. The topological polar surface area (TPSA) is 62.5 Å². The van der Waals surface area contributed by atoms with Crippen LogP contribution in [0.2, 0.25) is 0 Å². The van der Waals surface area contributed by atoms with E-state index >= 15 is 0 Å². The molecule has 2 atom stereocenters. The predicted molar refractivity (Wildman–Crippen MR) is 73.6 cm³/mol. The van der Waals surface area contributed by atoms with Crippen molar-refractivity contribution >= 4 is 0 Å². The van der Waals surface area contributed by atoms with E-state index in [1.807, 2.05) is 19.1 Å². The summed E-state index contributed by atoms with van der Waals surface area (Å²) < 4.78 is 11.2. The third-order valence-electron chi connectivity index (χ3n) is 4.53. The molecule has 1 heterocycles. The van der Waals surface area contributed by atoms with Gasteiger partial charge in [-0.15, -0.1) is 0 Å². The zero-order chi connectivity index (χ0) is 14.3. The largest absolute Gasteiger partial charge is 0.496 e. The number of nitriles is 1. The van der Waals surface area contributed by atoms with Crippen molar-refractivity contribution in [3.8, 4) is 17.6 Å². The SMILES string of the molecule is COc1cc2c(cc1C(O)C1(C#N)CCC1)OC(C)C2. The summed E-state index contributed by atoms with van der Waals surface area (Å²) in [4.78, 5) is 0. The van der Waals surface area contributed by atoms with Gasteiger partial charge in [0, 0.05) is 17.5 Å². The number of benzene rings is 1. The number of hydrogen-bond acceptors (Lipinski definition) is 4. The van der Waals surface area contributed by atoms with Crippen LogP contribution in [0.5, 0.6) is 11.5 Å². The van der Waals surface area contributed by atoms with Crippen LogP contribution in [0.15, 0.2) is 12.1 Å². The van der Waals surface area contributed by atoms with Crippen LogP contribution in [0.25, 0.3) is 0 Å².